The average molecular weight is 319 g/mol. The van der Waals surface area contributed by atoms with Gasteiger partial charge in [0.05, 0.1) is 6.54 Å². The first-order valence-electron chi connectivity index (χ1n) is 6.10. The molecule has 0 bridgehead atoms. The minimum Gasteiger partial charge on any atom is -0.400 e. The summed E-state index contributed by atoms with van der Waals surface area (Å²) in [6.45, 7) is 1.76. The Balaban J connectivity index is 0.000000921. The maximum atomic E-state index is 12.9. The predicted octanol–water partition coefficient (Wildman–Crippen LogP) is 1.66. The van der Waals surface area contributed by atoms with Crippen molar-refractivity contribution in [2.75, 3.05) is 20.2 Å². The van der Waals surface area contributed by atoms with Crippen molar-refractivity contribution in [3.8, 4) is 0 Å². The van der Waals surface area contributed by atoms with Gasteiger partial charge in [-0.25, -0.2) is 22.0 Å². The van der Waals surface area contributed by atoms with Crippen molar-refractivity contribution in [1.29, 1.82) is 0 Å². The van der Waals surface area contributed by atoms with Crippen molar-refractivity contribution >= 4 is 12.7 Å². The Labute approximate surface area is 118 Å². The number of carbonyl (C=O) groups is 2. The molecule has 1 amide bonds. The lowest BCUT2D eigenvalue weighted by Crippen LogP contribution is -2.59. The van der Waals surface area contributed by atoms with E-state index in [-0.39, 0.29) is 19.5 Å². The second-order valence-corrected chi connectivity index (χ2v) is 4.80. The van der Waals surface area contributed by atoms with Crippen molar-refractivity contribution < 1.29 is 36.6 Å². The number of nitrogens with zero attached hydrogens (tertiary/aromatic N) is 1. The second kappa shape index (κ2) is 7.67. The molecule has 9 heteroatoms. The first kappa shape index (κ1) is 19.8. The van der Waals surface area contributed by atoms with Crippen molar-refractivity contribution in [2.45, 2.75) is 37.8 Å². The van der Waals surface area contributed by atoms with Gasteiger partial charge in [0.2, 0.25) is 5.91 Å². The fourth-order valence-corrected chi connectivity index (χ4v) is 2.49. The van der Waals surface area contributed by atoms with E-state index in [1.165, 1.54) is 0 Å². The molecule has 1 saturated heterocycles. The van der Waals surface area contributed by atoms with Gasteiger partial charge in [-0.05, 0) is 6.42 Å². The fraction of sp³-hybridized carbons (Fsp3) is 0.833. The first-order chi connectivity index (χ1) is 9.77. The van der Waals surface area contributed by atoms with Crippen molar-refractivity contribution in [1.82, 2.24) is 4.90 Å². The van der Waals surface area contributed by atoms with Gasteiger partial charge in [0.15, 0.2) is 0 Å². The minimum absolute atomic E-state index is 0.0278. The summed E-state index contributed by atoms with van der Waals surface area (Å²) < 4.78 is 64.0. The standard InChI is InChI=1S/C10H12F5NO.CH4O.CH2O/c11-6-1-2-16(3-6)8(17)9(7(12)13)4-10(14,15)5-9;2*1-2/h6-7H,1-5H2;2H,1H3;1H2. The Kier molecular flexibility index (Phi) is 7.21. The molecule has 2 aliphatic rings. The molecule has 1 atom stereocenters. The molecule has 0 spiro atoms. The van der Waals surface area contributed by atoms with Gasteiger partial charge >= 0.3 is 0 Å². The smallest absolute Gasteiger partial charge is 0.253 e. The predicted molar refractivity (Wildman–Crippen MR) is 64.0 cm³/mol. The van der Waals surface area contributed by atoms with Crippen LogP contribution in [0.2, 0.25) is 0 Å². The maximum Gasteiger partial charge on any atom is 0.253 e. The van der Waals surface area contributed by atoms with Crippen LogP contribution in [0.25, 0.3) is 0 Å². The molecule has 0 aromatic rings. The van der Waals surface area contributed by atoms with Crippen molar-refractivity contribution in [2.24, 2.45) is 5.41 Å². The Hall–Kier alpha value is -1.25. The summed E-state index contributed by atoms with van der Waals surface area (Å²) in [5.41, 5.74) is -2.30. The van der Waals surface area contributed by atoms with Gasteiger partial charge in [0, 0.05) is 26.5 Å². The number of rotatable bonds is 2. The Morgan fingerprint density at radius 2 is 1.76 bits per heavy atom. The third-order valence-corrected chi connectivity index (χ3v) is 3.41. The van der Waals surface area contributed by atoms with E-state index >= 15 is 0 Å². The van der Waals surface area contributed by atoms with E-state index in [0.29, 0.717) is 0 Å². The molecule has 1 saturated carbocycles. The van der Waals surface area contributed by atoms with Crippen LogP contribution >= 0.6 is 0 Å². The molecule has 21 heavy (non-hydrogen) atoms. The van der Waals surface area contributed by atoms with E-state index in [9.17, 15) is 26.7 Å². The first-order valence-corrected chi connectivity index (χ1v) is 6.10. The molecule has 124 valence electrons. The highest BCUT2D eigenvalue weighted by Gasteiger charge is 2.66. The fourth-order valence-electron chi connectivity index (χ4n) is 2.49. The number of halogens is 5. The molecule has 1 heterocycles. The number of alkyl halides is 5. The van der Waals surface area contributed by atoms with Crippen LogP contribution in [0, 0.1) is 5.41 Å². The molecule has 0 radical (unpaired) electrons. The van der Waals surface area contributed by atoms with Crippen LogP contribution in [-0.4, -0.2) is 61.4 Å². The normalized spacial score (nSPS) is 25.1. The van der Waals surface area contributed by atoms with Crippen LogP contribution in [0.15, 0.2) is 0 Å². The third kappa shape index (κ3) is 4.12. The topological polar surface area (TPSA) is 57.6 Å². The van der Waals surface area contributed by atoms with E-state index in [4.69, 9.17) is 9.90 Å². The van der Waals surface area contributed by atoms with Crippen LogP contribution < -0.4 is 0 Å². The second-order valence-electron chi connectivity index (χ2n) is 4.80. The van der Waals surface area contributed by atoms with Gasteiger partial charge < -0.3 is 14.8 Å². The Bertz CT molecular complexity index is 346. The van der Waals surface area contributed by atoms with E-state index in [2.05, 4.69) is 0 Å². The van der Waals surface area contributed by atoms with E-state index in [0.717, 1.165) is 12.0 Å². The largest absolute Gasteiger partial charge is 0.400 e. The molecular weight excluding hydrogens is 301 g/mol. The number of amides is 1. The number of aliphatic hydroxyl groups is 1. The Morgan fingerprint density at radius 1 is 1.29 bits per heavy atom. The zero-order valence-corrected chi connectivity index (χ0v) is 11.5. The van der Waals surface area contributed by atoms with Gasteiger partial charge in [-0.2, -0.15) is 0 Å². The van der Waals surface area contributed by atoms with E-state index < -0.39 is 42.7 Å². The molecule has 1 aliphatic carbocycles. The molecule has 0 aromatic carbocycles. The van der Waals surface area contributed by atoms with Gasteiger partial charge in [-0.15, -0.1) is 0 Å². The SMILES string of the molecule is C=O.CO.O=C(N1CCC(F)C1)C1(C(F)F)CC(F)(F)C1. The summed E-state index contributed by atoms with van der Waals surface area (Å²) in [5, 5.41) is 7.00. The van der Waals surface area contributed by atoms with Crippen molar-refractivity contribution in [3.05, 3.63) is 0 Å². The van der Waals surface area contributed by atoms with Gasteiger partial charge in [0.1, 0.15) is 18.4 Å². The summed E-state index contributed by atoms with van der Waals surface area (Å²) >= 11 is 0. The quantitative estimate of drug-likeness (QED) is 0.788. The van der Waals surface area contributed by atoms with Crippen LogP contribution in [0.5, 0.6) is 0 Å². The van der Waals surface area contributed by atoms with Gasteiger partial charge in [0.25, 0.3) is 12.3 Å². The molecule has 4 nitrogen and oxygen atoms in total. The maximum absolute atomic E-state index is 12.9. The zero-order valence-electron chi connectivity index (χ0n) is 11.5. The number of hydrogen-bond acceptors (Lipinski definition) is 3. The van der Waals surface area contributed by atoms with E-state index in [1.54, 1.807) is 0 Å². The lowest BCUT2D eigenvalue weighted by Gasteiger charge is -2.46. The average Bonchev–Trinajstić information content (AvgIpc) is 2.85. The molecule has 0 aromatic heterocycles. The number of hydrogen-bond donors (Lipinski definition) is 1. The van der Waals surface area contributed by atoms with Gasteiger partial charge in [-0.1, -0.05) is 0 Å². The van der Waals surface area contributed by atoms with E-state index in [1.807, 2.05) is 6.79 Å². The number of carbonyl (C=O) groups excluding carboxylic acids is 2. The number of aliphatic hydroxyl groups excluding tert-OH is 1. The number of likely N-dealkylation sites (tertiary alicyclic amines) is 1. The molecule has 1 N–H and O–H groups in total. The Morgan fingerprint density at radius 3 is 2.05 bits per heavy atom. The lowest BCUT2D eigenvalue weighted by atomic mass is 9.65. The molecule has 2 rings (SSSR count). The zero-order chi connectivity index (χ0) is 16.8. The highest BCUT2D eigenvalue weighted by atomic mass is 19.3. The van der Waals surface area contributed by atoms with Gasteiger partial charge in [-0.3, -0.25) is 4.79 Å². The van der Waals surface area contributed by atoms with Crippen LogP contribution in [0.3, 0.4) is 0 Å². The van der Waals surface area contributed by atoms with Crippen LogP contribution in [0.1, 0.15) is 19.3 Å². The highest BCUT2D eigenvalue weighted by molar-refractivity contribution is 5.85. The molecule has 1 unspecified atom stereocenters. The van der Waals surface area contributed by atoms with Crippen LogP contribution in [0.4, 0.5) is 22.0 Å². The highest BCUT2D eigenvalue weighted by Crippen LogP contribution is 2.56. The van der Waals surface area contributed by atoms with Crippen molar-refractivity contribution in [3.63, 3.8) is 0 Å². The molecule has 2 fully saturated rings. The summed E-state index contributed by atoms with van der Waals surface area (Å²) in [6, 6.07) is 0. The summed E-state index contributed by atoms with van der Waals surface area (Å²) in [5.74, 6) is -4.24. The minimum atomic E-state index is -3.21. The summed E-state index contributed by atoms with van der Waals surface area (Å²) in [6.07, 6.45) is -6.56. The summed E-state index contributed by atoms with van der Waals surface area (Å²) in [7, 11) is 1.00. The molecular formula is C12H18F5NO3. The summed E-state index contributed by atoms with van der Waals surface area (Å²) in [4.78, 5) is 20.7. The van der Waals surface area contributed by atoms with Crippen LogP contribution in [-0.2, 0) is 9.59 Å². The molecule has 1 aliphatic heterocycles. The third-order valence-electron chi connectivity index (χ3n) is 3.41. The lowest BCUT2D eigenvalue weighted by molar-refractivity contribution is -0.218. The monoisotopic (exact) mass is 319 g/mol.